The molecule has 11 heteroatoms. The molecule has 0 atom stereocenters. The summed E-state index contributed by atoms with van der Waals surface area (Å²) < 4.78 is 10.7. The summed E-state index contributed by atoms with van der Waals surface area (Å²) in [7, 11) is 0. The molecular weight excluding hydrogens is 432 g/mol. The van der Waals surface area contributed by atoms with Gasteiger partial charge in [0.25, 0.3) is 5.91 Å². The second-order valence-corrected chi connectivity index (χ2v) is 8.44. The normalized spacial score (nSPS) is 14.6. The van der Waals surface area contributed by atoms with Crippen LogP contribution in [0.15, 0.2) is 36.8 Å². The fraction of sp³-hybridized carbons (Fsp3) is 0.286. The number of hydrogen-bond donors (Lipinski definition) is 2. The molecule has 2 N–H and O–H groups in total. The maximum absolute atomic E-state index is 12.4. The Bertz CT molecular complexity index is 1150. The number of amides is 2. The van der Waals surface area contributed by atoms with Gasteiger partial charge in [0.15, 0.2) is 16.6 Å². The van der Waals surface area contributed by atoms with Crippen molar-refractivity contribution >= 4 is 28.3 Å². The van der Waals surface area contributed by atoms with Crippen LogP contribution in [0.1, 0.15) is 26.6 Å². The fourth-order valence-corrected chi connectivity index (χ4v) is 4.57. The van der Waals surface area contributed by atoms with Gasteiger partial charge in [-0.2, -0.15) is 0 Å². The van der Waals surface area contributed by atoms with Crippen molar-refractivity contribution in [2.45, 2.75) is 19.5 Å². The molecule has 32 heavy (non-hydrogen) atoms. The first kappa shape index (κ1) is 20.3. The highest BCUT2D eigenvalue weighted by atomic mass is 32.1. The molecule has 0 bridgehead atoms. The number of hydrogen-bond acceptors (Lipinski definition) is 9. The summed E-state index contributed by atoms with van der Waals surface area (Å²) in [6.07, 6.45) is 5.12. The van der Waals surface area contributed by atoms with E-state index < -0.39 is 0 Å². The number of thiazole rings is 1. The maximum atomic E-state index is 12.4. The van der Waals surface area contributed by atoms with Crippen molar-refractivity contribution in [2.75, 3.05) is 25.2 Å². The number of fused-ring (bicyclic) bond motifs is 2. The lowest BCUT2D eigenvalue weighted by Crippen LogP contribution is -2.39. The van der Waals surface area contributed by atoms with Crippen LogP contribution < -0.4 is 20.1 Å². The van der Waals surface area contributed by atoms with Crippen LogP contribution in [0.2, 0.25) is 0 Å². The van der Waals surface area contributed by atoms with Crippen LogP contribution in [-0.4, -0.2) is 51.5 Å². The first-order valence-corrected chi connectivity index (χ1v) is 10.9. The highest BCUT2D eigenvalue weighted by molar-refractivity contribution is 7.15. The molecule has 4 heterocycles. The number of benzene rings is 1. The summed E-state index contributed by atoms with van der Waals surface area (Å²) >= 11 is 1.42. The zero-order valence-corrected chi connectivity index (χ0v) is 17.9. The van der Waals surface area contributed by atoms with Gasteiger partial charge >= 0.3 is 0 Å². The molecule has 2 aromatic heterocycles. The summed E-state index contributed by atoms with van der Waals surface area (Å²) in [5, 5.41) is 6.26. The van der Waals surface area contributed by atoms with Gasteiger partial charge in [-0.3, -0.25) is 24.8 Å². The Balaban J connectivity index is 1.13. The van der Waals surface area contributed by atoms with Crippen molar-refractivity contribution in [1.29, 1.82) is 0 Å². The average molecular weight is 452 g/mol. The molecule has 0 aliphatic carbocycles. The third kappa shape index (κ3) is 4.53. The van der Waals surface area contributed by atoms with Crippen LogP contribution in [-0.2, 0) is 24.3 Å². The fourth-order valence-electron chi connectivity index (χ4n) is 3.52. The lowest BCUT2D eigenvalue weighted by atomic mass is 10.2. The first-order chi connectivity index (χ1) is 15.6. The summed E-state index contributed by atoms with van der Waals surface area (Å²) in [5.41, 5.74) is 2.15. The van der Waals surface area contributed by atoms with Gasteiger partial charge in [0.2, 0.25) is 12.7 Å². The Morgan fingerprint density at radius 2 is 2.09 bits per heavy atom. The molecule has 1 aromatic carbocycles. The van der Waals surface area contributed by atoms with Crippen LogP contribution in [0.5, 0.6) is 11.5 Å². The molecule has 2 amide bonds. The van der Waals surface area contributed by atoms with E-state index in [1.54, 1.807) is 0 Å². The predicted molar refractivity (Wildman–Crippen MR) is 115 cm³/mol. The Morgan fingerprint density at radius 3 is 2.97 bits per heavy atom. The van der Waals surface area contributed by atoms with Crippen LogP contribution in [0, 0.1) is 0 Å². The van der Waals surface area contributed by atoms with E-state index >= 15 is 0 Å². The Hall–Kier alpha value is -3.57. The minimum absolute atomic E-state index is 0.0492. The molecule has 2 aliphatic heterocycles. The summed E-state index contributed by atoms with van der Waals surface area (Å²) in [6, 6.07) is 5.64. The maximum Gasteiger partial charge on any atom is 0.277 e. The van der Waals surface area contributed by atoms with Crippen molar-refractivity contribution in [3.63, 3.8) is 0 Å². The van der Waals surface area contributed by atoms with E-state index in [0.29, 0.717) is 30.5 Å². The molecule has 10 nitrogen and oxygen atoms in total. The van der Waals surface area contributed by atoms with Crippen LogP contribution in [0.3, 0.4) is 0 Å². The van der Waals surface area contributed by atoms with E-state index in [-0.39, 0.29) is 24.3 Å². The van der Waals surface area contributed by atoms with Gasteiger partial charge < -0.3 is 14.8 Å². The van der Waals surface area contributed by atoms with Crippen molar-refractivity contribution in [3.05, 3.63) is 58.6 Å². The number of nitrogens with zero attached hydrogens (tertiary/aromatic N) is 4. The molecule has 0 spiro atoms. The van der Waals surface area contributed by atoms with E-state index in [1.165, 1.54) is 29.9 Å². The van der Waals surface area contributed by atoms with Crippen molar-refractivity contribution < 1.29 is 19.1 Å². The smallest absolute Gasteiger partial charge is 0.277 e. The van der Waals surface area contributed by atoms with Crippen molar-refractivity contribution in [2.24, 2.45) is 0 Å². The highest BCUT2D eigenvalue weighted by Crippen LogP contribution is 2.32. The minimum Gasteiger partial charge on any atom is -0.454 e. The highest BCUT2D eigenvalue weighted by Gasteiger charge is 2.23. The SMILES string of the molecule is O=C(CN1CCc2nc(NC(=O)c3cnccn3)sc2C1)NCc1ccc2c(c1)OCO2. The van der Waals surface area contributed by atoms with Gasteiger partial charge in [0.1, 0.15) is 5.69 Å². The molecule has 3 aromatic rings. The summed E-state index contributed by atoms with van der Waals surface area (Å²) in [4.78, 5) is 40.3. The van der Waals surface area contributed by atoms with Crippen molar-refractivity contribution in [1.82, 2.24) is 25.2 Å². The minimum atomic E-state index is -0.344. The van der Waals surface area contributed by atoms with Gasteiger partial charge in [-0.15, -0.1) is 11.3 Å². The van der Waals surface area contributed by atoms with Crippen molar-refractivity contribution in [3.8, 4) is 11.5 Å². The van der Waals surface area contributed by atoms with Gasteiger partial charge in [-0.05, 0) is 17.7 Å². The Morgan fingerprint density at radius 1 is 1.19 bits per heavy atom. The number of anilines is 1. The molecule has 2 aliphatic rings. The van der Waals surface area contributed by atoms with E-state index in [1.807, 2.05) is 18.2 Å². The van der Waals surface area contributed by atoms with E-state index in [0.717, 1.165) is 34.8 Å². The van der Waals surface area contributed by atoms with Crippen LogP contribution in [0.4, 0.5) is 5.13 Å². The monoisotopic (exact) mass is 452 g/mol. The predicted octanol–water partition coefficient (Wildman–Crippen LogP) is 1.59. The Labute approximate surface area is 187 Å². The van der Waals surface area contributed by atoms with Gasteiger partial charge in [0.05, 0.1) is 18.4 Å². The van der Waals surface area contributed by atoms with Crippen LogP contribution in [0.25, 0.3) is 0 Å². The zero-order valence-electron chi connectivity index (χ0n) is 17.0. The summed E-state index contributed by atoms with van der Waals surface area (Å²) in [6.45, 7) is 2.29. The standard InChI is InChI=1S/C21H20N6O4S/c28-19(24-8-13-1-2-16-17(7-13)31-12-30-16)11-27-6-3-14-18(10-27)32-21(25-14)26-20(29)15-9-22-4-5-23-15/h1-2,4-5,7,9H,3,6,8,10-12H2,(H,24,28)(H,25,26,29). The van der Waals surface area contributed by atoms with Gasteiger partial charge in [-0.25, -0.2) is 9.97 Å². The summed E-state index contributed by atoms with van der Waals surface area (Å²) in [5.74, 6) is 1.03. The van der Waals surface area contributed by atoms with Gasteiger partial charge in [0, 0.05) is 43.3 Å². The van der Waals surface area contributed by atoms with E-state index in [9.17, 15) is 9.59 Å². The number of aromatic nitrogens is 3. The second kappa shape index (κ2) is 8.89. The number of rotatable bonds is 6. The lowest BCUT2D eigenvalue weighted by molar-refractivity contribution is -0.122. The molecule has 164 valence electrons. The number of nitrogens with one attached hydrogen (secondary N) is 2. The Kier molecular flexibility index (Phi) is 5.65. The molecule has 0 radical (unpaired) electrons. The first-order valence-electron chi connectivity index (χ1n) is 10.1. The quantitative estimate of drug-likeness (QED) is 0.579. The van der Waals surface area contributed by atoms with Crippen LogP contribution >= 0.6 is 11.3 Å². The third-order valence-electron chi connectivity index (χ3n) is 5.12. The van der Waals surface area contributed by atoms with E-state index in [4.69, 9.17) is 9.47 Å². The number of carbonyl (C=O) groups is 2. The zero-order chi connectivity index (χ0) is 21.9. The largest absolute Gasteiger partial charge is 0.454 e. The lowest BCUT2D eigenvalue weighted by Gasteiger charge is -2.25. The molecule has 0 saturated heterocycles. The molecule has 0 fully saturated rings. The second-order valence-electron chi connectivity index (χ2n) is 7.36. The molecule has 0 saturated carbocycles. The number of carbonyl (C=O) groups excluding carboxylic acids is 2. The topological polar surface area (TPSA) is 119 Å². The number of ether oxygens (including phenoxy) is 2. The molecule has 5 rings (SSSR count). The van der Waals surface area contributed by atoms with Gasteiger partial charge in [-0.1, -0.05) is 6.07 Å². The average Bonchev–Trinajstić information content (AvgIpc) is 3.43. The third-order valence-corrected chi connectivity index (χ3v) is 6.12. The molecular formula is C21H20N6O4S. The van der Waals surface area contributed by atoms with E-state index in [2.05, 4.69) is 30.5 Å². The molecule has 0 unspecified atom stereocenters.